The van der Waals surface area contributed by atoms with Crippen LogP contribution in [0.5, 0.6) is 0 Å². The molecule has 1 atom stereocenters. The van der Waals surface area contributed by atoms with E-state index in [0.29, 0.717) is 5.92 Å². The molecule has 1 N–H and O–H groups in total. The van der Waals surface area contributed by atoms with E-state index in [1.165, 1.54) is 128 Å². The molecule has 0 spiro atoms. The van der Waals surface area contributed by atoms with Crippen LogP contribution in [-0.4, -0.2) is 11.2 Å². The molecule has 1 unspecified atom stereocenters. The first-order valence-corrected chi connectivity index (χ1v) is 13.2. The fourth-order valence-corrected chi connectivity index (χ4v) is 4.38. The smallest absolute Gasteiger partial charge is 0.0568 e. The topological polar surface area (TPSA) is 20.2 Å². The molecule has 0 fully saturated rings. The zero-order chi connectivity index (χ0) is 20.7. The highest BCUT2D eigenvalue weighted by molar-refractivity contribution is 4.70. The molecule has 0 saturated carbocycles. The van der Waals surface area contributed by atoms with E-state index < -0.39 is 0 Å². The van der Waals surface area contributed by atoms with Gasteiger partial charge in [0.05, 0.1) is 6.10 Å². The average molecular weight is 396 g/mol. The molecule has 0 aromatic carbocycles. The van der Waals surface area contributed by atoms with E-state index in [2.05, 4.69) is 20.8 Å². The first-order chi connectivity index (χ1) is 13.8. The van der Waals surface area contributed by atoms with Crippen molar-refractivity contribution in [1.29, 1.82) is 0 Å². The molecular weight excluding hydrogens is 340 g/mol. The van der Waals surface area contributed by atoms with Crippen LogP contribution in [0.25, 0.3) is 0 Å². The number of rotatable bonds is 23. The maximum Gasteiger partial charge on any atom is 0.0568 e. The van der Waals surface area contributed by atoms with Crippen LogP contribution in [0.4, 0.5) is 0 Å². The van der Waals surface area contributed by atoms with Crippen molar-refractivity contribution in [3.63, 3.8) is 0 Å². The Labute approximate surface area is 179 Å². The van der Waals surface area contributed by atoms with E-state index in [9.17, 15) is 5.11 Å². The van der Waals surface area contributed by atoms with Gasteiger partial charge in [-0.1, -0.05) is 143 Å². The summed E-state index contributed by atoms with van der Waals surface area (Å²) in [5, 5.41) is 10.8. The largest absolute Gasteiger partial charge is 0.393 e. The van der Waals surface area contributed by atoms with Crippen molar-refractivity contribution in [3.8, 4) is 0 Å². The van der Waals surface area contributed by atoms with Gasteiger partial charge in [0.15, 0.2) is 0 Å². The molecule has 0 aliphatic carbocycles. The predicted molar refractivity (Wildman–Crippen MR) is 128 cm³/mol. The molecule has 0 amide bonds. The van der Waals surface area contributed by atoms with E-state index in [0.717, 1.165) is 12.8 Å². The lowest BCUT2D eigenvalue weighted by molar-refractivity contribution is 0.0830. The fourth-order valence-electron chi connectivity index (χ4n) is 4.38. The molecule has 0 aromatic heterocycles. The Kier molecular flexibility index (Phi) is 23.2. The van der Waals surface area contributed by atoms with E-state index in [1.807, 2.05) is 0 Å². The van der Waals surface area contributed by atoms with Crippen LogP contribution in [-0.2, 0) is 0 Å². The zero-order valence-electron chi connectivity index (χ0n) is 19.9. The summed E-state index contributed by atoms with van der Waals surface area (Å²) in [6, 6.07) is 0. The van der Waals surface area contributed by atoms with Gasteiger partial charge in [0.25, 0.3) is 0 Å². The van der Waals surface area contributed by atoms with Crippen LogP contribution in [0, 0.1) is 12.8 Å². The minimum atomic E-state index is -0.0451. The molecule has 28 heavy (non-hydrogen) atoms. The molecular formula is C27H55O. The van der Waals surface area contributed by atoms with E-state index >= 15 is 0 Å². The molecule has 0 aliphatic heterocycles. The van der Waals surface area contributed by atoms with E-state index in [4.69, 9.17) is 0 Å². The molecule has 1 nitrogen and oxygen atoms in total. The zero-order valence-corrected chi connectivity index (χ0v) is 19.9. The minimum absolute atomic E-state index is 0.0451. The molecule has 0 heterocycles. The molecule has 1 heteroatoms. The summed E-state index contributed by atoms with van der Waals surface area (Å²) in [6.45, 7) is 8.47. The average Bonchev–Trinajstić information content (AvgIpc) is 2.70. The lowest BCUT2D eigenvalue weighted by Crippen LogP contribution is -2.20. The van der Waals surface area contributed by atoms with Crippen molar-refractivity contribution >= 4 is 0 Å². The highest BCUT2D eigenvalue weighted by atomic mass is 16.3. The van der Waals surface area contributed by atoms with Gasteiger partial charge in [0.2, 0.25) is 0 Å². The Balaban J connectivity index is 3.75. The maximum atomic E-state index is 10.8. The van der Waals surface area contributed by atoms with Crippen LogP contribution in [0.3, 0.4) is 0 Å². The van der Waals surface area contributed by atoms with Crippen molar-refractivity contribution in [2.75, 3.05) is 0 Å². The lowest BCUT2D eigenvalue weighted by atomic mass is 9.87. The highest BCUT2D eigenvalue weighted by Crippen LogP contribution is 2.25. The third kappa shape index (κ3) is 19.3. The summed E-state index contributed by atoms with van der Waals surface area (Å²) in [6.07, 6.45) is 28.9. The van der Waals surface area contributed by atoms with Crippen LogP contribution in [0.1, 0.15) is 155 Å². The third-order valence-electron chi connectivity index (χ3n) is 6.40. The van der Waals surface area contributed by atoms with Crippen LogP contribution in [0.2, 0.25) is 0 Å². The van der Waals surface area contributed by atoms with Gasteiger partial charge in [-0.3, -0.25) is 0 Å². The number of unbranched alkanes of at least 4 members (excludes halogenated alkanes) is 16. The second-order valence-electron chi connectivity index (χ2n) is 9.20. The van der Waals surface area contributed by atoms with Gasteiger partial charge in [-0.05, 0) is 25.2 Å². The van der Waals surface area contributed by atoms with Crippen molar-refractivity contribution in [2.24, 2.45) is 5.92 Å². The van der Waals surface area contributed by atoms with E-state index in [1.54, 1.807) is 0 Å². The summed E-state index contributed by atoms with van der Waals surface area (Å²) in [5.74, 6) is 0.562. The van der Waals surface area contributed by atoms with Gasteiger partial charge in [-0.25, -0.2) is 0 Å². The molecule has 0 aromatic rings. The SMILES string of the molecule is [CH2]CCCCCCCCCCCCC(O)C(CCCCCC)CCCCCC. The summed E-state index contributed by atoms with van der Waals surface area (Å²) in [4.78, 5) is 0. The quantitative estimate of drug-likeness (QED) is 0.171. The van der Waals surface area contributed by atoms with Crippen LogP contribution in [0.15, 0.2) is 0 Å². The standard InChI is InChI=1S/C27H55O/c1-4-7-10-13-14-15-16-17-18-19-22-25-27(28)26(23-20-11-8-5-2)24-21-12-9-6-3/h26-28H,1,4-25H2,2-3H3. The molecule has 0 bridgehead atoms. The van der Waals surface area contributed by atoms with Gasteiger partial charge in [-0.2, -0.15) is 0 Å². The lowest BCUT2D eigenvalue weighted by Gasteiger charge is -2.23. The molecule has 0 aliphatic rings. The number of hydrogen-bond donors (Lipinski definition) is 1. The fraction of sp³-hybridized carbons (Fsp3) is 0.963. The number of hydrogen-bond acceptors (Lipinski definition) is 1. The van der Waals surface area contributed by atoms with Crippen molar-refractivity contribution in [3.05, 3.63) is 6.92 Å². The van der Waals surface area contributed by atoms with E-state index in [-0.39, 0.29) is 6.10 Å². The van der Waals surface area contributed by atoms with Gasteiger partial charge < -0.3 is 5.11 Å². The Morgan fingerprint density at radius 3 is 1.29 bits per heavy atom. The van der Waals surface area contributed by atoms with Crippen molar-refractivity contribution in [2.45, 2.75) is 161 Å². The molecule has 1 radical (unpaired) electrons. The minimum Gasteiger partial charge on any atom is -0.393 e. The normalized spacial score (nSPS) is 12.8. The van der Waals surface area contributed by atoms with Gasteiger partial charge in [0.1, 0.15) is 0 Å². The Bertz CT molecular complexity index is 263. The first-order valence-electron chi connectivity index (χ1n) is 13.2. The number of aliphatic hydroxyl groups excluding tert-OH is 1. The monoisotopic (exact) mass is 395 g/mol. The predicted octanol–water partition coefficient (Wildman–Crippen LogP) is 9.42. The summed E-state index contributed by atoms with van der Waals surface area (Å²) < 4.78 is 0. The third-order valence-corrected chi connectivity index (χ3v) is 6.40. The Hall–Kier alpha value is -0.0400. The summed E-state index contributed by atoms with van der Waals surface area (Å²) >= 11 is 0. The Morgan fingerprint density at radius 1 is 0.500 bits per heavy atom. The van der Waals surface area contributed by atoms with Crippen LogP contribution >= 0.6 is 0 Å². The molecule has 169 valence electrons. The Morgan fingerprint density at radius 2 is 0.857 bits per heavy atom. The van der Waals surface area contributed by atoms with Gasteiger partial charge >= 0.3 is 0 Å². The van der Waals surface area contributed by atoms with Crippen LogP contribution < -0.4 is 0 Å². The van der Waals surface area contributed by atoms with Crippen molar-refractivity contribution in [1.82, 2.24) is 0 Å². The van der Waals surface area contributed by atoms with Crippen molar-refractivity contribution < 1.29 is 5.11 Å². The molecule has 0 saturated heterocycles. The number of aliphatic hydroxyl groups is 1. The second kappa shape index (κ2) is 23.2. The summed E-state index contributed by atoms with van der Waals surface area (Å²) in [5.41, 5.74) is 0. The van der Waals surface area contributed by atoms with Gasteiger partial charge in [0, 0.05) is 0 Å². The first kappa shape index (κ1) is 28.0. The second-order valence-corrected chi connectivity index (χ2v) is 9.20. The summed E-state index contributed by atoms with van der Waals surface area (Å²) in [7, 11) is 0. The highest BCUT2D eigenvalue weighted by Gasteiger charge is 2.18. The van der Waals surface area contributed by atoms with Gasteiger partial charge in [-0.15, -0.1) is 0 Å². The maximum absolute atomic E-state index is 10.8. The molecule has 0 rings (SSSR count).